The van der Waals surface area contributed by atoms with Crippen molar-refractivity contribution >= 4 is 50.9 Å². The molecule has 2 atom stereocenters. The van der Waals surface area contributed by atoms with Crippen molar-refractivity contribution < 1.29 is 22.4 Å². The number of alkyl halides is 1. The van der Waals surface area contributed by atoms with Gasteiger partial charge in [-0.3, -0.25) is 14.5 Å². The van der Waals surface area contributed by atoms with Gasteiger partial charge >= 0.3 is 0 Å². The third-order valence-electron chi connectivity index (χ3n) is 7.20. The monoisotopic (exact) mass is 598 g/mol. The normalized spacial score (nSPS) is 19.5. The van der Waals surface area contributed by atoms with Crippen LogP contribution in [0, 0.1) is 11.7 Å². The minimum absolute atomic E-state index is 0.0409. The van der Waals surface area contributed by atoms with Crippen LogP contribution in [0.15, 0.2) is 48.5 Å². The standard InChI is InChI=1S/C27H33Cl2FN4O4S/c28-14-15-31-39(37,38)33-16-13-19(18-33)27(36)34(22-10-6-7-20(30)17-22)25(23-11-4-5-12-24(23)29)26(35)32-21-8-2-1-3-9-21/h4-7,10-12,17,19,21,25,31H,1-3,8-9,13-16,18H2,(H,32,35). The Morgan fingerprint density at radius 3 is 2.51 bits per heavy atom. The van der Waals surface area contributed by atoms with Gasteiger partial charge in [0.1, 0.15) is 11.9 Å². The number of rotatable bonds is 10. The van der Waals surface area contributed by atoms with Crippen molar-refractivity contribution in [3.8, 4) is 0 Å². The lowest BCUT2D eigenvalue weighted by molar-refractivity contribution is -0.128. The zero-order valence-corrected chi connectivity index (χ0v) is 23.8. The Morgan fingerprint density at radius 2 is 1.82 bits per heavy atom. The van der Waals surface area contributed by atoms with Gasteiger partial charge in [0.05, 0.1) is 5.92 Å². The van der Waals surface area contributed by atoms with Crippen LogP contribution < -0.4 is 14.9 Å². The van der Waals surface area contributed by atoms with E-state index in [1.807, 2.05) is 0 Å². The molecule has 2 aromatic carbocycles. The van der Waals surface area contributed by atoms with E-state index < -0.39 is 39.8 Å². The molecule has 0 bridgehead atoms. The van der Waals surface area contributed by atoms with Crippen molar-refractivity contribution in [2.45, 2.75) is 50.6 Å². The third-order valence-corrected chi connectivity index (χ3v) is 9.31. The van der Waals surface area contributed by atoms with E-state index in [4.69, 9.17) is 23.2 Å². The first-order chi connectivity index (χ1) is 18.7. The Hall–Kier alpha value is -2.24. The van der Waals surface area contributed by atoms with E-state index in [2.05, 4.69) is 10.0 Å². The van der Waals surface area contributed by atoms with Gasteiger partial charge in [-0.25, -0.2) is 9.11 Å². The number of benzene rings is 2. The predicted molar refractivity (Wildman–Crippen MR) is 150 cm³/mol. The first-order valence-corrected chi connectivity index (χ1v) is 15.5. The maximum atomic E-state index is 14.5. The highest BCUT2D eigenvalue weighted by Gasteiger charge is 2.42. The van der Waals surface area contributed by atoms with Gasteiger partial charge in [0.25, 0.3) is 10.2 Å². The predicted octanol–water partition coefficient (Wildman–Crippen LogP) is 4.40. The molecule has 39 heavy (non-hydrogen) atoms. The van der Waals surface area contributed by atoms with Crippen LogP contribution in [-0.4, -0.2) is 56.1 Å². The van der Waals surface area contributed by atoms with Crippen molar-refractivity contribution in [1.82, 2.24) is 14.3 Å². The van der Waals surface area contributed by atoms with Crippen LogP contribution >= 0.6 is 23.2 Å². The van der Waals surface area contributed by atoms with Gasteiger partial charge in [0.15, 0.2) is 0 Å². The SMILES string of the molecule is O=C(NC1CCCCC1)C(c1ccccc1Cl)N(C(=O)C1CCN(S(=O)(=O)NCCCl)C1)c1cccc(F)c1. The van der Waals surface area contributed by atoms with Crippen LogP contribution in [-0.2, 0) is 19.8 Å². The molecular weight excluding hydrogens is 566 g/mol. The number of nitrogens with zero attached hydrogens (tertiary/aromatic N) is 2. The summed E-state index contributed by atoms with van der Waals surface area (Å²) in [6.07, 6.45) is 5.01. The van der Waals surface area contributed by atoms with Gasteiger partial charge in [-0.05, 0) is 43.5 Å². The van der Waals surface area contributed by atoms with Gasteiger partial charge in [-0.2, -0.15) is 12.7 Å². The fourth-order valence-corrected chi connectivity index (χ4v) is 6.96. The van der Waals surface area contributed by atoms with Crippen molar-refractivity contribution in [3.63, 3.8) is 0 Å². The smallest absolute Gasteiger partial charge is 0.279 e. The van der Waals surface area contributed by atoms with Crippen molar-refractivity contribution in [2.75, 3.05) is 30.4 Å². The number of carbonyl (C=O) groups is 2. The molecule has 1 heterocycles. The molecule has 212 valence electrons. The van der Waals surface area contributed by atoms with Crippen LogP contribution in [0.25, 0.3) is 0 Å². The summed E-state index contributed by atoms with van der Waals surface area (Å²) in [5.41, 5.74) is 0.585. The summed E-state index contributed by atoms with van der Waals surface area (Å²) < 4.78 is 43.4. The summed E-state index contributed by atoms with van der Waals surface area (Å²) in [7, 11) is -3.83. The minimum Gasteiger partial charge on any atom is -0.351 e. The van der Waals surface area contributed by atoms with Gasteiger partial charge in [0, 0.05) is 47.8 Å². The summed E-state index contributed by atoms with van der Waals surface area (Å²) in [5.74, 6) is -2.12. The number of carbonyl (C=O) groups excluding carboxylic acids is 2. The molecule has 2 amide bonds. The zero-order valence-electron chi connectivity index (χ0n) is 21.5. The first-order valence-electron chi connectivity index (χ1n) is 13.2. The summed E-state index contributed by atoms with van der Waals surface area (Å²) in [5, 5.41) is 3.39. The topological polar surface area (TPSA) is 98.8 Å². The summed E-state index contributed by atoms with van der Waals surface area (Å²) in [4.78, 5) is 29.4. The summed E-state index contributed by atoms with van der Waals surface area (Å²) in [6.45, 7) is 0.0993. The molecule has 1 saturated heterocycles. The molecule has 0 radical (unpaired) electrons. The van der Waals surface area contributed by atoms with Crippen LogP contribution in [0.5, 0.6) is 0 Å². The van der Waals surface area contributed by atoms with E-state index in [9.17, 15) is 22.4 Å². The lowest BCUT2D eigenvalue weighted by Gasteiger charge is -2.35. The number of halogens is 3. The highest BCUT2D eigenvalue weighted by molar-refractivity contribution is 7.87. The fourth-order valence-electron chi connectivity index (χ4n) is 5.25. The van der Waals surface area contributed by atoms with Gasteiger partial charge in [-0.1, -0.05) is 55.1 Å². The molecule has 1 aliphatic carbocycles. The molecule has 2 aliphatic rings. The highest BCUT2D eigenvalue weighted by atomic mass is 35.5. The molecule has 0 spiro atoms. The summed E-state index contributed by atoms with van der Waals surface area (Å²) in [6, 6.07) is 11.0. The molecule has 0 aromatic heterocycles. The molecule has 8 nitrogen and oxygen atoms in total. The summed E-state index contributed by atoms with van der Waals surface area (Å²) >= 11 is 12.2. The Labute approximate surface area is 239 Å². The number of hydrogen-bond donors (Lipinski definition) is 2. The van der Waals surface area contributed by atoms with E-state index in [1.165, 1.54) is 27.4 Å². The average molecular weight is 600 g/mol. The van der Waals surface area contributed by atoms with Crippen molar-refractivity contribution in [3.05, 3.63) is 64.9 Å². The lowest BCUT2D eigenvalue weighted by atomic mass is 9.94. The zero-order chi connectivity index (χ0) is 28.0. The second-order valence-corrected chi connectivity index (χ2v) is 12.4. The molecule has 2 fully saturated rings. The first kappa shape index (κ1) is 29.7. The molecule has 2 unspecified atom stereocenters. The van der Waals surface area contributed by atoms with Crippen molar-refractivity contribution in [2.24, 2.45) is 5.92 Å². The molecule has 1 saturated carbocycles. The largest absolute Gasteiger partial charge is 0.351 e. The second kappa shape index (κ2) is 13.4. The van der Waals surface area contributed by atoms with Crippen LogP contribution in [0.1, 0.15) is 50.1 Å². The molecular formula is C27H33Cl2FN4O4S. The number of nitrogens with one attached hydrogen (secondary N) is 2. The van der Waals surface area contributed by atoms with Crippen LogP contribution in [0.4, 0.5) is 10.1 Å². The lowest BCUT2D eigenvalue weighted by Crippen LogP contribution is -2.49. The fraction of sp³-hybridized carbons (Fsp3) is 0.481. The van der Waals surface area contributed by atoms with E-state index in [0.29, 0.717) is 5.56 Å². The average Bonchev–Trinajstić information content (AvgIpc) is 3.43. The highest BCUT2D eigenvalue weighted by Crippen LogP contribution is 2.35. The Morgan fingerprint density at radius 1 is 1.08 bits per heavy atom. The Balaban J connectivity index is 1.72. The van der Waals surface area contributed by atoms with Crippen LogP contribution in [0.3, 0.4) is 0 Å². The number of hydrogen-bond acceptors (Lipinski definition) is 4. The molecule has 2 N–H and O–H groups in total. The number of amides is 2. The van der Waals surface area contributed by atoms with Crippen molar-refractivity contribution in [1.29, 1.82) is 0 Å². The van der Waals surface area contributed by atoms with E-state index in [1.54, 1.807) is 30.3 Å². The van der Waals surface area contributed by atoms with E-state index >= 15 is 0 Å². The van der Waals surface area contributed by atoms with E-state index in [0.717, 1.165) is 32.1 Å². The minimum atomic E-state index is -3.83. The van der Waals surface area contributed by atoms with Crippen LogP contribution in [0.2, 0.25) is 5.02 Å². The molecule has 1 aliphatic heterocycles. The maximum absolute atomic E-state index is 14.5. The Kier molecular flexibility index (Phi) is 10.2. The molecule has 12 heteroatoms. The molecule has 4 rings (SSSR count). The Bertz CT molecular complexity index is 1280. The molecule has 2 aromatic rings. The quantitative estimate of drug-likeness (QED) is 0.396. The third kappa shape index (κ3) is 7.29. The van der Waals surface area contributed by atoms with E-state index in [-0.39, 0.29) is 48.7 Å². The maximum Gasteiger partial charge on any atom is 0.279 e. The van der Waals surface area contributed by atoms with Gasteiger partial charge < -0.3 is 5.32 Å². The van der Waals surface area contributed by atoms with Gasteiger partial charge in [-0.15, -0.1) is 11.6 Å². The second-order valence-electron chi connectivity index (χ2n) is 9.89. The number of anilines is 1. The van der Waals surface area contributed by atoms with Gasteiger partial charge in [0.2, 0.25) is 11.8 Å².